The molecule has 0 bridgehead atoms. The number of carbonyl (C=O) groups excluding carboxylic acids is 1. The van der Waals surface area contributed by atoms with Crippen LogP contribution < -0.4 is 10.6 Å². The molecule has 5 heteroatoms. The van der Waals surface area contributed by atoms with Crippen LogP contribution in [0.15, 0.2) is 24.3 Å². The predicted octanol–water partition coefficient (Wildman–Crippen LogP) is 1.99. The standard InChI is InChI=1S/C17H24FN3O/c18-15-6-1-2-7-16(15)20-8-10-21(11-9-20)17(22)13-4-3-5-14(19)12-13/h1-2,6-7,13-14H,3-5,8-12,19H2. The summed E-state index contributed by atoms with van der Waals surface area (Å²) in [7, 11) is 0. The van der Waals surface area contributed by atoms with Crippen molar-refractivity contribution in [1.82, 2.24) is 4.90 Å². The molecule has 2 unspecified atom stereocenters. The fourth-order valence-electron chi connectivity index (χ4n) is 3.59. The van der Waals surface area contributed by atoms with Gasteiger partial charge in [-0.15, -0.1) is 0 Å². The Balaban J connectivity index is 1.57. The zero-order chi connectivity index (χ0) is 15.5. The number of amides is 1. The molecule has 1 saturated heterocycles. The molecule has 1 aliphatic carbocycles. The lowest BCUT2D eigenvalue weighted by atomic mass is 9.85. The summed E-state index contributed by atoms with van der Waals surface area (Å²) in [5.74, 6) is 0.132. The van der Waals surface area contributed by atoms with Gasteiger partial charge < -0.3 is 15.5 Å². The van der Waals surface area contributed by atoms with Crippen molar-refractivity contribution in [2.24, 2.45) is 11.7 Å². The Labute approximate surface area is 131 Å². The summed E-state index contributed by atoms with van der Waals surface area (Å²) in [4.78, 5) is 16.5. The first-order valence-electron chi connectivity index (χ1n) is 8.19. The molecule has 2 fully saturated rings. The molecule has 4 nitrogen and oxygen atoms in total. The first kappa shape index (κ1) is 15.3. The van der Waals surface area contributed by atoms with Gasteiger partial charge in [-0.05, 0) is 31.4 Å². The summed E-state index contributed by atoms with van der Waals surface area (Å²) in [6.45, 7) is 2.70. The van der Waals surface area contributed by atoms with Gasteiger partial charge in [-0.25, -0.2) is 4.39 Å². The van der Waals surface area contributed by atoms with E-state index in [2.05, 4.69) is 0 Å². The van der Waals surface area contributed by atoms with Crippen molar-refractivity contribution in [3.63, 3.8) is 0 Å². The molecule has 0 spiro atoms. The van der Waals surface area contributed by atoms with Crippen molar-refractivity contribution in [2.45, 2.75) is 31.7 Å². The number of hydrogen-bond acceptors (Lipinski definition) is 3. The van der Waals surface area contributed by atoms with Crippen molar-refractivity contribution in [3.05, 3.63) is 30.1 Å². The zero-order valence-corrected chi connectivity index (χ0v) is 12.9. The molecule has 22 heavy (non-hydrogen) atoms. The molecular formula is C17H24FN3O. The number of nitrogens with two attached hydrogens (primary N) is 1. The second-order valence-electron chi connectivity index (χ2n) is 6.39. The van der Waals surface area contributed by atoms with Gasteiger partial charge in [0.05, 0.1) is 5.69 Å². The van der Waals surface area contributed by atoms with Gasteiger partial charge in [0.15, 0.2) is 0 Å². The van der Waals surface area contributed by atoms with E-state index in [-0.39, 0.29) is 23.7 Å². The molecule has 1 aliphatic heterocycles. The summed E-state index contributed by atoms with van der Waals surface area (Å²) >= 11 is 0. The minimum atomic E-state index is -0.194. The van der Waals surface area contributed by atoms with Crippen LogP contribution in [0.25, 0.3) is 0 Å². The van der Waals surface area contributed by atoms with Crippen LogP contribution in [0.2, 0.25) is 0 Å². The minimum Gasteiger partial charge on any atom is -0.366 e. The fraction of sp³-hybridized carbons (Fsp3) is 0.588. The third-order valence-electron chi connectivity index (χ3n) is 4.85. The third kappa shape index (κ3) is 3.24. The molecule has 120 valence electrons. The molecule has 1 heterocycles. The summed E-state index contributed by atoms with van der Waals surface area (Å²) in [5, 5.41) is 0. The molecule has 2 N–H and O–H groups in total. The number of piperazine rings is 1. The maximum absolute atomic E-state index is 13.8. The van der Waals surface area contributed by atoms with Gasteiger partial charge in [0.25, 0.3) is 0 Å². The van der Waals surface area contributed by atoms with Crippen LogP contribution in [0.1, 0.15) is 25.7 Å². The van der Waals surface area contributed by atoms with E-state index in [1.54, 1.807) is 12.1 Å². The van der Waals surface area contributed by atoms with E-state index in [4.69, 9.17) is 5.73 Å². The lowest BCUT2D eigenvalue weighted by Crippen LogP contribution is -2.51. The van der Waals surface area contributed by atoms with Gasteiger partial charge in [0.1, 0.15) is 5.82 Å². The van der Waals surface area contributed by atoms with Crippen molar-refractivity contribution in [1.29, 1.82) is 0 Å². The minimum absolute atomic E-state index is 0.0868. The molecule has 3 rings (SSSR count). The van der Waals surface area contributed by atoms with E-state index in [1.165, 1.54) is 6.07 Å². The molecule has 2 aliphatic rings. The Bertz CT molecular complexity index is 528. The number of halogens is 1. The summed E-state index contributed by atoms with van der Waals surface area (Å²) in [5.41, 5.74) is 6.62. The highest BCUT2D eigenvalue weighted by molar-refractivity contribution is 5.79. The Morgan fingerprint density at radius 1 is 1.14 bits per heavy atom. The molecular weight excluding hydrogens is 281 g/mol. The maximum Gasteiger partial charge on any atom is 0.225 e. The van der Waals surface area contributed by atoms with E-state index in [1.807, 2.05) is 15.9 Å². The van der Waals surface area contributed by atoms with Crippen LogP contribution in [0, 0.1) is 11.7 Å². The quantitative estimate of drug-likeness (QED) is 0.909. The topological polar surface area (TPSA) is 49.6 Å². The number of carbonyl (C=O) groups is 1. The number of anilines is 1. The summed E-state index contributed by atoms with van der Waals surface area (Å²) in [6.07, 6.45) is 3.85. The Morgan fingerprint density at radius 2 is 1.86 bits per heavy atom. The van der Waals surface area contributed by atoms with E-state index in [9.17, 15) is 9.18 Å². The van der Waals surface area contributed by atoms with Crippen LogP contribution in [-0.2, 0) is 4.79 Å². The largest absolute Gasteiger partial charge is 0.366 e. The zero-order valence-electron chi connectivity index (χ0n) is 12.9. The second-order valence-corrected chi connectivity index (χ2v) is 6.39. The maximum atomic E-state index is 13.8. The smallest absolute Gasteiger partial charge is 0.225 e. The van der Waals surface area contributed by atoms with Crippen LogP contribution in [0.4, 0.5) is 10.1 Å². The SMILES string of the molecule is NC1CCCC(C(=O)N2CCN(c3ccccc3F)CC2)C1. The number of para-hydroxylation sites is 1. The summed E-state index contributed by atoms with van der Waals surface area (Å²) < 4.78 is 13.8. The molecule has 1 saturated carbocycles. The molecule has 1 aromatic rings. The van der Waals surface area contributed by atoms with E-state index in [0.717, 1.165) is 25.7 Å². The van der Waals surface area contributed by atoms with Gasteiger partial charge in [-0.3, -0.25) is 4.79 Å². The first-order valence-corrected chi connectivity index (χ1v) is 8.19. The number of hydrogen-bond donors (Lipinski definition) is 1. The monoisotopic (exact) mass is 305 g/mol. The number of nitrogens with zero attached hydrogens (tertiary/aromatic N) is 2. The van der Waals surface area contributed by atoms with E-state index < -0.39 is 0 Å². The lowest BCUT2D eigenvalue weighted by Gasteiger charge is -2.38. The Hall–Kier alpha value is -1.62. The highest BCUT2D eigenvalue weighted by atomic mass is 19.1. The van der Waals surface area contributed by atoms with Gasteiger partial charge >= 0.3 is 0 Å². The van der Waals surface area contributed by atoms with Crippen LogP contribution in [-0.4, -0.2) is 43.0 Å². The molecule has 1 amide bonds. The molecule has 1 aromatic carbocycles. The lowest BCUT2D eigenvalue weighted by molar-refractivity contribution is -0.137. The van der Waals surface area contributed by atoms with E-state index in [0.29, 0.717) is 31.9 Å². The average molecular weight is 305 g/mol. The van der Waals surface area contributed by atoms with Gasteiger partial charge in [0.2, 0.25) is 5.91 Å². The van der Waals surface area contributed by atoms with Crippen LogP contribution >= 0.6 is 0 Å². The molecule has 2 atom stereocenters. The van der Waals surface area contributed by atoms with Crippen molar-refractivity contribution in [2.75, 3.05) is 31.1 Å². The van der Waals surface area contributed by atoms with Gasteiger partial charge in [-0.1, -0.05) is 18.6 Å². The summed E-state index contributed by atoms with van der Waals surface area (Å²) in [6, 6.07) is 7.00. The average Bonchev–Trinajstić information content (AvgIpc) is 2.55. The van der Waals surface area contributed by atoms with Gasteiger partial charge in [-0.2, -0.15) is 0 Å². The third-order valence-corrected chi connectivity index (χ3v) is 4.85. The fourth-order valence-corrected chi connectivity index (χ4v) is 3.59. The first-order chi connectivity index (χ1) is 10.6. The normalized spacial score (nSPS) is 26.1. The van der Waals surface area contributed by atoms with E-state index >= 15 is 0 Å². The number of benzene rings is 1. The molecule has 0 radical (unpaired) electrons. The Morgan fingerprint density at radius 3 is 2.55 bits per heavy atom. The van der Waals surface area contributed by atoms with Crippen molar-refractivity contribution in [3.8, 4) is 0 Å². The predicted molar refractivity (Wildman–Crippen MR) is 85.1 cm³/mol. The van der Waals surface area contributed by atoms with Crippen molar-refractivity contribution >= 4 is 11.6 Å². The highest BCUT2D eigenvalue weighted by Crippen LogP contribution is 2.26. The van der Waals surface area contributed by atoms with Crippen LogP contribution in [0.3, 0.4) is 0 Å². The highest BCUT2D eigenvalue weighted by Gasteiger charge is 2.31. The number of rotatable bonds is 2. The van der Waals surface area contributed by atoms with Gasteiger partial charge in [0, 0.05) is 38.1 Å². The molecule has 0 aromatic heterocycles. The van der Waals surface area contributed by atoms with Crippen LogP contribution in [0.5, 0.6) is 0 Å². The van der Waals surface area contributed by atoms with Crippen molar-refractivity contribution < 1.29 is 9.18 Å². The Kier molecular flexibility index (Phi) is 4.62. The second kappa shape index (κ2) is 6.65.